The van der Waals surface area contributed by atoms with E-state index >= 15 is 0 Å². The molecule has 0 radical (unpaired) electrons. The van der Waals surface area contributed by atoms with Crippen molar-refractivity contribution in [1.82, 2.24) is 14.0 Å². The lowest BCUT2D eigenvalue weighted by molar-refractivity contribution is 0.0998. The van der Waals surface area contributed by atoms with E-state index in [1.54, 1.807) is 16.8 Å². The highest BCUT2D eigenvalue weighted by molar-refractivity contribution is 5.95. The van der Waals surface area contributed by atoms with E-state index in [1.165, 1.54) is 10.5 Å². The summed E-state index contributed by atoms with van der Waals surface area (Å²) in [6, 6.07) is 14.8. The molecule has 0 saturated carbocycles. The largest absolute Gasteiger partial charge is 0.365 e. The van der Waals surface area contributed by atoms with Crippen LogP contribution in [0.25, 0.3) is 16.7 Å². The smallest absolute Gasteiger partial charge is 0.267 e. The van der Waals surface area contributed by atoms with Crippen molar-refractivity contribution in [2.75, 3.05) is 0 Å². The number of aryl methyl sites for hydroxylation is 3. The molecule has 0 aliphatic carbocycles. The van der Waals surface area contributed by atoms with Crippen LogP contribution in [0.2, 0.25) is 0 Å². The number of nitrogens with one attached hydrogen (secondary N) is 1. The summed E-state index contributed by atoms with van der Waals surface area (Å²) in [5.41, 5.74) is 8.00. The van der Waals surface area contributed by atoms with Gasteiger partial charge in [-0.3, -0.25) is 19.4 Å². The standard InChI is InChI=1S/C21H19N5O2/c1-13-7-8-17-24-20-16(21(28)26(17)12-13)11-15(19(23)27)18(22)25(20)10-9-14-5-3-2-4-6-14/h2-8,11-12,22H,9-10H2,1H3,(H2,23,27). The van der Waals surface area contributed by atoms with Crippen molar-refractivity contribution >= 4 is 22.6 Å². The topological polar surface area (TPSA) is 106 Å². The molecule has 4 rings (SSSR count). The van der Waals surface area contributed by atoms with E-state index < -0.39 is 5.91 Å². The number of benzene rings is 1. The number of pyridine rings is 2. The molecule has 0 spiro atoms. The summed E-state index contributed by atoms with van der Waals surface area (Å²) in [5, 5.41) is 8.72. The minimum absolute atomic E-state index is 0.00654. The maximum absolute atomic E-state index is 13.0. The fourth-order valence-corrected chi connectivity index (χ4v) is 3.33. The van der Waals surface area contributed by atoms with Gasteiger partial charge in [0.25, 0.3) is 11.5 Å². The van der Waals surface area contributed by atoms with E-state index in [1.807, 2.05) is 43.3 Å². The maximum atomic E-state index is 13.0. The minimum Gasteiger partial charge on any atom is -0.365 e. The average molecular weight is 373 g/mol. The van der Waals surface area contributed by atoms with Crippen molar-refractivity contribution in [1.29, 1.82) is 5.41 Å². The third kappa shape index (κ3) is 2.96. The predicted octanol–water partition coefficient (Wildman–Crippen LogP) is 1.78. The highest BCUT2D eigenvalue weighted by Crippen LogP contribution is 2.12. The molecule has 28 heavy (non-hydrogen) atoms. The Bertz CT molecular complexity index is 1340. The van der Waals surface area contributed by atoms with Crippen LogP contribution in [0.3, 0.4) is 0 Å². The van der Waals surface area contributed by atoms with Crippen LogP contribution in [0, 0.1) is 12.3 Å². The minimum atomic E-state index is -0.742. The molecule has 0 unspecified atom stereocenters. The molecule has 0 saturated heterocycles. The van der Waals surface area contributed by atoms with Crippen molar-refractivity contribution < 1.29 is 4.79 Å². The zero-order chi connectivity index (χ0) is 19.8. The first-order valence-electron chi connectivity index (χ1n) is 8.90. The molecule has 3 N–H and O–H groups in total. The van der Waals surface area contributed by atoms with Crippen LogP contribution >= 0.6 is 0 Å². The van der Waals surface area contributed by atoms with Gasteiger partial charge in [-0.15, -0.1) is 0 Å². The normalized spacial score (nSPS) is 11.2. The number of fused-ring (bicyclic) bond motifs is 2. The number of hydrogen-bond donors (Lipinski definition) is 2. The fourth-order valence-electron chi connectivity index (χ4n) is 3.33. The molecule has 140 valence electrons. The Hall–Kier alpha value is -3.74. The zero-order valence-electron chi connectivity index (χ0n) is 15.3. The summed E-state index contributed by atoms with van der Waals surface area (Å²) in [6.07, 6.45) is 2.33. The Morgan fingerprint density at radius 2 is 1.93 bits per heavy atom. The van der Waals surface area contributed by atoms with Gasteiger partial charge in [-0.2, -0.15) is 0 Å². The second-order valence-electron chi connectivity index (χ2n) is 6.75. The SMILES string of the molecule is Cc1ccc2nc3c(cc(C(N)=O)c(=N)n3CCc3ccccc3)c(=O)n2c1. The second kappa shape index (κ2) is 6.77. The zero-order valence-corrected chi connectivity index (χ0v) is 15.3. The number of carbonyl (C=O) groups is 1. The first-order valence-corrected chi connectivity index (χ1v) is 8.90. The van der Waals surface area contributed by atoms with E-state index in [0.29, 0.717) is 24.3 Å². The van der Waals surface area contributed by atoms with Crippen LogP contribution in [-0.4, -0.2) is 19.9 Å². The predicted molar refractivity (Wildman–Crippen MR) is 106 cm³/mol. The molecule has 1 aromatic carbocycles. The molecule has 0 aliphatic rings. The monoisotopic (exact) mass is 373 g/mol. The molecule has 0 bridgehead atoms. The van der Waals surface area contributed by atoms with Crippen LogP contribution in [-0.2, 0) is 13.0 Å². The second-order valence-corrected chi connectivity index (χ2v) is 6.75. The van der Waals surface area contributed by atoms with Gasteiger partial charge in [0.1, 0.15) is 16.8 Å². The Morgan fingerprint density at radius 1 is 1.18 bits per heavy atom. The van der Waals surface area contributed by atoms with E-state index in [4.69, 9.17) is 11.1 Å². The Kier molecular flexibility index (Phi) is 4.27. The number of nitrogens with two attached hydrogens (primary N) is 1. The van der Waals surface area contributed by atoms with Crippen LogP contribution in [0.15, 0.2) is 59.5 Å². The highest BCUT2D eigenvalue weighted by Gasteiger charge is 2.16. The number of nitrogens with zero attached hydrogens (tertiary/aromatic N) is 3. The quantitative estimate of drug-likeness (QED) is 0.533. The third-order valence-electron chi connectivity index (χ3n) is 4.79. The lowest BCUT2D eigenvalue weighted by Crippen LogP contribution is -2.33. The number of rotatable bonds is 4. The van der Waals surface area contributed by atoms with Gasteiger partial charge in [-0.05, 0) is 36.6 Å². The van der Waals surface area contributed by atoms with Gasteiger partial charge in [0.05, 0.1) is 10.9 Å². The molecule has 0 fully saturated rings. The van der Waals surface area contributed by atoms with Gasteiger partial charge < -0.3 is 10.3 Å². The molecule has 4 aromatic rings. The maximum Gasteiger partial charge on any atom is 0.267 e. The summed E-state index contributed by atoms with van der Waals surface area (Å²) in [5.74, 6) is -0.742. The van der Waals surface area contributed by atoms with Crippen LogP contribution in [0.5, 0.6) is 0 Å². The number of hydrogen-bond acceptors (Lipinski definition) is 4. The summed E-state index contributed by atoms with van der Waals surface area (Å²) in [6.45, 7) is 2.28. The molecule has 0 atom stereocenters. The molecule has 7 nitrogen and oxygen atoms in total. The molecule has 1 amide bonds. The lowest BCUT2D eigenvalue weighted by atomic mass is 10.1. The van der Waals surface area contributed by atoms with E-state index in [2.05, 4.69) is 4.98 Å². The highest BCUT2D eigenvalue weighted by atomic mass is 16.1. The summed E-state index contributed by atoms with van der Waals surface area (Å²) < 4.78 is 3.04. The first kappa shape index (κ1) is 17.7. The van der Waals surface area contributed by atoms with Gasteiger partial charge in [0.2, 0.25) is 0 Å². The van der Waals surface area contributed by atoms with Crippen molar-refractivity contribution in [3.8, 4) is 0 Å². The summed E-state index contributed by atoms with van der Waals surface area (Å²) >= 11 is 0. The van der Waals surface area contributed by atoms with Crippen LogP contribution in [0.1, 0.15) is 21.5 Å². The molecule has 3 heterocycles. The third-order valence-corrected chi connectivity index (χ3v) is 4.79. The van der Waals surface area contributed by atoms with Gasteiger partial charge in [0, 0.05) is 12.7 Å². The number of aromatic nitrogens is 3. The van der Waals surface area contributed by atoms with Gasteiger partial charge >= 0.3 is 0 Å². The van der Waals surface area contributed by atoms with Crippen LogP contribution in [0.4, 0.5) is 0 Å². The van der Waals surface area contributed by atoms with Gasteiger partial charge in [-0.25, -0.2) is 4.98 Å². The van der Waals surface area contributed by atoms with E-state index in [0.717, 1.165) is 11.1 Å². The number of primary amides is 1. The lowest BCUT2D eigenvalue weighted by Gasteiger charge is -2.14. The molecule has 3 aromatic heterocycles. The Morgan fingerprint density at radius 3 is 2.64 bits per heavy atom. The molecular formula is C21H19N5O2. The van der Waals surface area contributed by atoms with Crippen molar-refractivity contribution in [2.45, 2.75) is 19.9 Å². The molecular weight excluding hydrogens is 354 g/mol. The van der Waals surface area contributed by atoms with Gasteiger partial charge in [-0.1, -0.05) is 36.4 Å². The van der Waals surface area contributed by atoms with E-state index in [9.17, 15) is 9.59 Å². The molecule has 0 aliphatic heterocycles. The van der Waals surface area contributed by atoms with Crippen molar-refractivity contribution in [2.24, 2.45) is 5.73 Å². The summed E-state index contributed by atoms with van der Waals surface area (Å²) in [4.78, 5) is 29.5. The first-order chi connectivity index (χ1) is 13.5. The van der Waals surface area contributed by atoms with E-state index in [-0.39, 0.29) is 22.0 Å². The van der Waals surface area contributed by atoms with Gasteiger partial charge in [0.15, 0.2) is 0 Å². The van der Waals surface area contributed by atoms with Crippen molar-refractivity contribution in [3.05, 3.63) is 87.3 Å². The Balaban J connectivity index is 2.00. The number of carbonyl (C=O) groups excluding carboxylic acids is 1. The van der Waals surface area contributed by atoms with Crippen molar-refractivity contribution in [3.63, 3.8) is 0 Å². The molecule has 7 heteroatoms. The number of amides is 1. The summed E-state index contributed by atoms with van der Waals surface area (Å²) in [7, 11) is 0. The van der Waals surface area contributed by atoms with Crippen LogP contribution < -0.4 is 16.8 Å². The average Bonchev–Trinajstić information content (AvgIpc) is 2.68. The Labute approximate surface area is 160 Å². The fraction of sp³-hybridized carbons (Fsp3) is 0.143.